The number of aromatic hydroxyl groups is 1. The minimum Gasteiger partial charge on any atom is -0.492 e. The second kappa shape index (κ2) is 7.20. The van der Waals surface area contributed by atoms with E-state index in [2.05, 4.69) is 15.2 Å². The first kappa shape index (κ1) is 17.7. The minimum atomic E-state index is 0.0325. The Kier molecular flexibility index (Phi) is 4.38. The Labute approximate surface area is 174 Å². The van der Waals surface area contributed by atoms with Crippen LogP contribution in [-0.2, 0) is 0 Å². The summed E-state index contributed by atoms with van der Waals surface area (Å²) in [5.74, 6) is 1.41. The van der Waals surface area contributed by atoms with E-state index < -0.39 is 0 Å². The lowest BCUT2D eigenvalue weighted by Crippen LogP contribution is -1.82. The quantitative estimate of drug-likeness (QED) is 0.315. The number of azo groups is 1. The van der Waals surface area contributed by atoms with Crippen LogP contribution in [0.25, 0.3) is 16.0 Å². The maximum absolute atomic E-state index is 10.5. The Morgan fingerprint density at radius 1 is 0.897 bits per heavy atom. The van der Waals surface area contributed by atoms with E-state index in [0.717, 1.165) is 11.0 Å². The first-order valence-corrected chi connectivity index (χ1v) is 9.91. The highest BCUT2D eigenvalue weighted by molar-refractivity contribution is 7.21. The molecule has 5 aromatic rings. The Balaban J connectivity index is 1.37. The molecule has 0 fully saturated rings. The van der Waals surface area contributed by atoms with Gasteiger partial charge in [-0.1, -0.05) is 35.1 Å². The monoisotopic (exact) mass is 420 g/mol. The molecule has 3 aromatic carbocycles. The van der Waals surface area contributed by atoms with Crippen LogP contribution in [0, 0.1) is 0 Å². The number of thiazole rings is 1. The summed E-state index contributed by atoms with van der Waals surface area (Å²) in [6, 6.07) is 22.0. The molecule has 0 spiro atoms. The zero-order valence-electron chi connectivity index (χ0n) is 14.9. The number of nitrogens with zero attached hydrogens (tertiary/aromatic N) is 4. The van der Waals surface area contributed by atoms with E-state index in [-0.39, 0.29) is 5.88 Å². The average Bonchev–Trinajstić information content (AvgIpc) is 3.25. The predicted molar refractivity (Wildman–Crippen MR) is 114 cm³/mol. The number of halogens is 1. The van der Waals surface area contributed by atoms with Crippen LogP contribution in [0.15, 0.2) is 83.0 Å². The molecule has 0 saturated carbocycles. The number of rotatable bonds is 4. The van der Waals surface area contributed by atoms with Crippen molar-refractivity contribution in [2.24, 2.45) is 10.2 Å². The Morgan fingerprint density at radius 2 is 1.59 bits per heavy atom. The normalized spacial score (nSPS) is 11.6. The second-order valence-corrected chi connectivity index (χ2v) is 7.59. The van der Waals surface area contributed by atoms with E-state index in [4.69, 9.17) is 16.3 Å². The van der Waals surface area contributed by atoms with Crippen molar-refractivity contribution in [3.05, 3.63) is 77.8 Å². The lowest BCUT2D eigenvalue weighted by Gasteiger charge is -2.05. The molecule has 0 bridgehead atoms. The Bertz CT molecular complexity index is 1340. The molecule has 0 unspecified atom stereocenters. The van der Waals surface area contributed by atoms with Crippen LogP contribution in [0.1, 0.15) is 0 Å². The summed E-state index contributed by atoms with van der Waals surface area (Å²) in [5.41, 5.74) is 2.30. The molecule has 0 saturated heterocycles. The molecule has 142 valence electrons. The third kappa shape index (κ3) is 3.41. The van der Waals surface area contributed by atoms with Crippen molar-refractivity contribution < 1.29 is 9.84 Å². The van der Waals surface area contributed by atoms with Crippen molar-refractivity contribution in [2.75, 3.05) is 0 Å². The minimum absolute atomic E-state index is 0.0325. The van der Waals surface area contributed by atoms with Crippen LogP contribution in [0.5, 0.6) is 17.4 Å². The van der Waals surface area contributed by atoms with Crippen molar-refractivity contribution in [3.8, 4) is 17.4 Å². The highest BCUT2D eigenvalue weighted by Crippen LogP contribution is 2.39. The number of hydrogen-bond acceptors (Lipinski definition) is 6. The van der Waals surface area contributed by atoms with Crippen LogP contribution in [-0.4, -0.2) is 14.5 Å². The summed E-state index contributed by atoms with van der Waals surface area (Å²) < 4.78 is 7.44. The molecule has 6 nitrogen and oxygen atoms in total. The molecule has 0 amide bonds. The van der Waals surface area contributed by atoms with Gasteiger partial charge in [-0.05, 0) is 60.7 Å². The first-order chi connectivity index (χ1) is 14.2. The fourth-order valence-electron chi connectivity index (χ4n) is 2.89. The summed E-state index contributed by atoms with van der Waals surface area (Å²) in [5, 5.41) is 20.0. The van der Waals surface area contributed by atoms with E-state index >= 15 is 0 Å². The number of hydrogen-bond donors (Lipinski definition) is 1. The lowest BCUT2D eigenvalue weighted by atomic mass is 10.3. The van der Waals surface area contributed by atoms with Crippen LogP contribution in [0.4, 0.5) is 10.7 Å². The molecule has 0 aliphatic rings. The molecular weight excluding hydrogens is 408 g/mol. The van der Waals surface area contributed by atoms with Crippen LogP contribution < -0.4 is 4.74 Å². The molecule has 0 atom stereocenters. The summed E-state index contributed by atoms with van der Waals surface area (Å²) in [4.78, 5) is 5.17. The maximum Gasteiger partial charge on any atom is 0.237 e. The molecule has 8 heteroatoms. The number of fused-ring (bicyclic) bond motifs is 3. The highest BCUT2D eigenvalue weighted by Gasteiger charge is 2.15. The van der Waals surface area contributed by atoms with Crippen LogP contribution in [0.3, 0.4) is 0 Å². The van der Waals surface area contributed by atoms with Gasteiger partial charge in [0, 0.05) is 5.02 Å². The predicted octanol–water partition coefficient (Wildman–Crippen LogP) is 7.12. The number of benzene rings is 3. The largest absolute Gasteiger partial charge is 0.492 e. The first-order valence-electron chi connectivity index (χ1n) is 8.71. The van der Waals surface area contributed by atoms with Crippen LogP contribution >= 0.6 is 22.9 Å². The third-order valence-corrected chi connectivity index (χ3v) is 5.43. The Morgan fingerprint density at radius 3 is 2.34 bits per heavy atom. The van der Waals surface area contributed by atoms with Gasteiger partial charge in [-0.3, -0.25) is 4.40 Å². The number of para-hydroxylation sites is 2. The van der Waals surface area contributed by atoms with Gasteiger partial charge in [-0.15, -0.1) is 10.2 Å². The van der Waals surface area contributed by atoms with E-state index in [9.17, 15) is 5.11 Å². The lowest BCUT2D eigenvalue weighted by molar-refractivity contribution is 0.453. The molecule has 29 heavy (non-hydrogen) atoms. The smallest absolute Gasteiger partial charge is 0.237 e. The van der Waals surface area contributed by atoms with Crippen molar-refractivity contribution in [3.63, 3.8) is 0 Å². The highest BCUT2D eigenvalue weighted by atomic mass is 35.5. The topological polar surface area (TPSA) is 71.5 Å². The second-order valence-electron chi connectivity index (χ2n) is 6.20. The molecule has 2 aromatic heterocycles. The molecule has 0 aliphatic heterocycles. The summed E-state index contributed by atoms with van der Waals surface area (Å²) in [6.07, 6.45) is 0. The zero-order chi connectivity index (χ0) is 19.8. The van der Waals surface area contributed by atoms with Gasteiger partial charge in [-0.2, -0.15) is 0 Å². The SMILES string of the molecule is Oc1c(N=Nc2ccc(Oc3ccc(Cl)cc3)cc2)sc2nc3ccccc3n12. The molecule has 1 N–H and O–H groups in total. The third-order valence-electron chi connectivity index (χ3n) is 4.26. The molecule has 0 aliphatic carbocycles. The molecule has 0 radical (unpaired) electrons. The van der Waals surface area contributed by atoms with Gasteiger partial charge in [0.15, 0.2) is 4.96 Å². The van der Waals surface area contributed by atoms with Crippen molar-refractivity contribution >= 4 is 49.6 Å². The fraction of sp³-hybridized carbons (Fsp3) is 0. The summed E-state index contributed by atoms with van der Waals surface area (Å²) in [7, 11) is 0. The summed E-state index contributed by atoms with van der Waals surface area (Å²) >= 11 is 7.16. The molecule has 5 rings (SSSR count). The van der Waals surface area contributed by atoms with Gasteiger partial charge in [0.25, 0.3) is 0 Å². The number of aromatic nitrogens is 2. The van der Waals surface area contributed by atoms with Crippen molar-refractivity contribution in [1.82, 2.24) is 9.38 Å². The van der Waals surface area contributed by atoms with E-state index in [1.165, 1.54) is 11.3 Å². The standard InChI is InChI=1S/C21H13ClN4O2S/c22-13-5-9-15(10-6-13)28-16-11-7-14(8-12-16)24-25-19-20(27)26-18-4-2-1-3-17(18)23-21(26)29-19/h1-12,27H. The molecular formula is C21H13ClN4O2S. The van der Waals surface area contributed by atoms with E-state index in [1.54, 1.807) is 52.9 Å². The fourth-order valence-corrected chi connectivity index (χ4v) is 3.88. The zero-order valence-corrected chi connectivity index (χ0v) is 16.4. The van der Waals surface area contributed by atoms with E-state index in [1.807, 2.05) is 24.3 Å². The number of imidazole rings is 1. The van der Waals surface area contributed by atoms with Gasteiger partial charge >= 0.3 is 0 Å². The van der Waals surface area contributed by atoms with Gasteiger partial charge in [0.1, 0.15) is 11.5 Å². The maximum atomic E-state index is 10.5. The van der Waals surface area contributed by atoms with Crippen LogP contribution in [0.2, 0.25) is 5.02 Å². The van der Waals surface area contributed by atoms with Gasteiger partial charge < -0.3 is 9.84 Å². The van der Waals surface area contributed by atoms with Crippen molar-refractivity contribution in [1.29, 1.82) is 0 Å². The van der Waals surface area contributed by atoms with Gasteiger partial charge in [0.2, 0.25) is 10.9 Å². The van der Waals surface area contributed by atoms with E-state index in [0.29, 0.717) is 32.2 Å². The van der Waals surface area contributed by atoms with Gasteiger partial charge in [-0.25, -0.2) is 4.98 Å². The Hall–Kier alpha value is -3.42. The average molecular weight is 421 g/mol. The van der Waals surface area contributed by atoms with Gasteiger partial charge in [0.05, 0.1) is 16.7 Å². The molecule has 2 heterocycles. The number of ether oxygens (including phenoxy) is 1. The summed E-state index contributed by atoms with van der Waals surface area (Å²) in [6.45, 7) is 0. The van der Waals surface area contributed by atoms with Crippen molar-refractivity contribution in [2.45, 2.75) is 0 Å².